The third-order valence-corrected chi connectivity index (χ3v) is 3.24. The number of hydrogen-bond donors (Lipinski definition) is 1. The van der Waals surface area contributed by atoms with Gasteiger partial charge in [0.25, 0.3) is 5.91 Å². The maximum absolute atomic E-state index is 12.0. The van der Waals surface area contributed by atoms with Crippen molar-refractivity contribution in [3.63, 3.8) is 0 Å². The Kier molecular flexibility index (Phi) is 4.07. The zero-order chi connectivity index (χ0) is 15.6. The summed E-state index contributed by atoms with van der Waals surface area (Å²) in [5.41, 5.74) is 3.02. The zero-order valence-corrected chi connectivity index (χ0v) is 12.4. The Morgan fingerprint density at radius 3 is 2.67 bits per heavy atom. The Morgan fingerprint density at radius 2 is 2.05 bits per heavy atom. The summed E-state index contributed by atoms with van der Waals surface area (Å²) in [4.78, 5) is 23.7. The van der Waals surface area contributed by atoms with E-state index < -0.39 is 5.97 Å². The lowest BCUT2D eigenvalue weighted by Gasteiger charge is -2.07. The van der Waals surface area contributed by atoms with Crippen LogP contribution in [0.25, 0.3) is 11.1 Å². The Balaban J connectivity index is 2.62. The second-order valence-electron chi connectivity index (χ2n) is 4.58. The lowest BCUT2D eigenvalue weighted by molar-refractivity contribution is 0.0589. The average molecular weight is 287 g/mol. The lowest BCUT2D eigenvalue weighted by atomic mass is 10.0. The van der Waals surface area contributed by atoms with Gasteiger partial charge in [0.1, 0.15) is 0 Å². The van der Waals surface area contributed by atoms with Gasteiger partial charge < -0.3 is 10.1 Å². The summed E-state index contributed by atoms with van der Waals surface area (Å²) in [5.74, 6) is -0.642. The van der Waals surface area contributed by atoms with Crippen LogP contribution in [-0.2, 0) is 11.8 Å². The van der Waals surface area contributed by atoms with E-state index in [1.54, 1.807) is 32.3 Å². The molecule has 0 unspecified atom stereocenters. The fraction of sp³-hybridized carbons (Fsp3) is 0.267. The molecule has 0 radical (unpaired) electrons. The molecule has 0 spiro atoms. The number of esters is 1. The van der Waals surface area contributed by atoms with Crippen LogP contribution in [0.4, 0.5) is 0 Å². The number of rotatable bonds is 3. The van der Waals surface area contributed by atoms with Crippen molar-refractivity contribution in [1.82, 2.24) is 15.1 Å². The fourth-order valence-electron chi connectivity index (χ4n) is 2.29. The standard InChI is InChI=1S/C15H17N3O3/c1-9-12(13(15(20)21-4)18(3)17-9)10-6-5-7-11(8-10)14(19)16-2/h5-8H,1-4H3,(H,16,19). The first kappa shape index (κ1) is 14.8. The van der Waals surface area contributed by atoms with Gasteiger partial charge in [-0.05, 0) is 24.6 Å². The molecule has 0 aliphatic carbocycles. The molecule has 2 aromatic rings. The summed E-state index contributed by atoms with van der Waals surface area (Å²) in [6, 6.07) is 7.05. The first-order valence-electron chi connectivity index (χ1n) is 6.44. The van der Waals surface area contributed by atoms with Gasteiger partial charge in [0.05, 0.1) is 12.8 Å². The van der Waals surface area contributed by atoms with Crippen molar-refractivity contribution in [3.8, 4) is 11.1 Å². The van der Waals surface area contributed by atoms with E-state index in [9.17, 15) is 9.59 Å². The molecule has 0 saturated carbocycles. The van der Waals surface area contributed by atoms with E-state index in [2.05, 4.69) is 10.4 Å². The summed E-state index contributed by atoms with van der Waals surface area (Å²) in [6.07, 6.45) is 0. The summed E-state index contributed by atoms with van der Waals surface area (Å²) < 4.78 is 6.30. The second-order valence-corrected chi connectivity index (χ2v) is 4.58. The molecule has 2 rings (SSSR count). The summed E-state index contributed by atoms with van der Waals surface area (Å²) in [6.45, 7) is 1.81. The molecule has 1 N–H and O–H groups in total. The van der Waals surface area contributed by atoms with Crippen molar-refractivity contribution in [2.75, 3.05) is 14.2 Å². The normalized spacial score (nSPS) is 10.3. The van der Waals surface area contributed by atoms with Gasteiger partial charge in [-0.1, -0.05) is 12.1 Å². The molecule has 0 aliphatic heterocycles. The van der Waals surface area contributed by atoms with E-state index in [0.717, 1.165) is 5.56 Å². The number of nitrogens with one attached hydrogen (secondary N) is 1. The van der Waals surface area contributed by atoms with Crippen LogP contribution in [0, 0.1) is 6.92 Å². The summed E-state index contributed by atoms with van der Waals surface area (Å²) in [7, 11) is 4.59. The van der Waals surface area contributed by atoms with Gasteiger partial charge in [0.15, 0.2) is 5.69 Å². The van der Waals surface area contributed by atoms with E-state index in [1.807, 2.05) is 13.0 Å². The number of carbonyl (C=O) groups excluding carboxylic acids is 2. The molecular formula is C15H17N3O3. The molecule has 1 aromatic heterocycles. The molecule has 1 amide bonds. The third-order valence-electron chi connectivity index (χ3n) is 3.24. The Hall–Kier alpha value is -2.63. The number of ether oxygens (including phenoxy) is 1. The lowest BCUT2D eigenvalue weighted by Crippen LogP contribution is -2.17. The first-order valence-corrected chi connectivity index (χ1v) is 6.44. The Bertz CT molecular complexity index is 704. The molecule has 0 fully saturated rings. The van der Waals surface area contributed by atoms with Gasteiger partial charge >= 0.3 is 5.97 Å². The van der Waals surface area contributed by atoms with Gasteiger partial charge in [-0.3, -0.25) is 9.48 Å². The number of benzene rings is 1. The van der Waals surface area contributed by atoms with Crippen molar-refractivity contribution in [2.24, 2.45) is 7.05 Å². The SMILES string of the molecule is CNC(=O)c1cccc(-c2c(C)nn(C)c2C(=O)OC)c1. The van der Waals surface area contributed by atoms with Crippen molar-refractivity contribution in [3.05, 3.63) is 41.2 Å². The van der Waals surface area contributed by atoms with Gasteiger partial charge in [0.2, 0.25) is 0 Å². The molecule has 21 heavy (non-hydrogen) atoms. The Morgan fingerprint density at radius 1 is 1.33 bits per heavy atom. The minimum Gasteiger partial charge on any atom is -0.464 e. The molecule has 0 atom stereocenters. The molecule has 110 valence electrons. The first-order chi connectivity index (χ1) is 9.99. The topological polar surface area (TPSA) is 73.2 Å². The van der Waals surface area contributed by atoms with Crippen LogP contribution in [0.3, 0.4) is 0 Å². The summed E-state index contributed by atoms with van der Waals surface area (Å²) >= 11 is 0. The van der Waals surface area contributed by atoms with Crippen LogP contribution >= 0.6 is 0 Å². The zero-order valence-electron chi connectivity index (χ0n) is 12.4. The van der Waals surface area contributed by atoms with Gasteiger partial charge in [-0.25, -0.2) is 4.79 Å². The maximum Gasteiger partial charge on any atom is 0.356 e. The molecule has 6 nitrogen and oxygen atoms in total. The highest BCUT2D eigenvalue weighted by Gasteiger charge is 2.22. The third kappa shape index (κ3) is 2.65. The van der Waals surface area contributed by atoms with E-state index in [4.69, 9.17) is 4.74 Å². The highest BCUT2D eigenvalue weighted by atomic mass is 16.5. The maximum atomic E-state index is 12.0. The number of aryl methyl sites for hydroxylation is 2. The van der Waals surface area contributed by atoms with Crippen LogP contribution in [0.5, 0.6) is 0 Å². The van der Waals surface area contributed by atoms with Crippen molar-refractivity contribution in [1.29, 1.82) is 0 Å². The fourth-order valence-corrected chi connectivity index (χ4v) is 2.29. The molecule has 0 bridgehead atoms. The Labute approximate surface area is 122 Å². The van der Waals surface area contributed by atoms with Crippen molar-refractivity contribution < 1.29 is 14.3 Å². The monoisotopic (exact) mass is 287 g/mol. The quantitative estimate of drug-likeness (QED) is 0.869. The number of methoxy groups -OCH3 is 1. The van der Waals surface area contributed by atoms with Crippen LogP contribution in [-0.4, -0.2) is 35.8 Å². The number of amides is 1. The van der Waals surface area contributed by atoms with Crippen LogP contribution in [0.1, 0.15) is 26.5 Å². The predicted octanol–water partition coefficient (Wildman–Crippen LogP) is 1.54. The smallest absolute Gasteiger partial charge is 0.356 e. The highest BCUT2D eigenvalue weighted by molar-refractivity contribution is 5.99. The molecular weight excluding hydrogens is 270 g/mol. The number of aromatic nitrogens is 2. The minimum absolute atomic E-state index is 0.182. The molecule has 1 aromatic carbocycles. The van der Waals surface area contributed by atoms with Crippen LogP contribution in [0.15, 0.2) is 24.3 Å². The highest BCUT2D eigenvalue weighted by Crippen LogP contribution is 2.28. The van der Waals surface area contributed by atoms with E-state index in [1.165, 1.54) is 11.8 Å². The molecule has 0 saturated heterocycles. The molecule has 0 aliphatic rings. The van der Waals surface area contributed by atoms with E-state index in [-0.39, 0.29) is 5.91 Å². The minimum atomic E-state index is -0.460. The second kappa shape index (κ2) is 5.78. The number of hydrogen-bond acceptors (Lipinski definition) is 4. The summed E-state index contributed by atoms with van der Waals surface area (Å²) in [5, 5.41) is 6.84. The number of nitrogens with zero attached hydrogens (tertiary/aromatic N) is 2. The average Bonchev–Trinajstić information content (AvgIpc) is 2.80. The molecule has 6 heteroatoms. The van der Waals surface area contributed by atoms with Gasteiger partial charge in [-0.2, -0.15) is 5.10 Å². The van der Waals surface area contributed by atoms with Crippen molar-refractivity contribution >= 4 is 11.9 Å². The van der Waals surface area contributed by atoms with Gasteiger partial charge in [-0.15, -0.1) is 0 Å². The largest absolute Gasteiger partial charge is 0.464 e. The predicted molar refractivity (Wildman–Crippen MR) is 78.1 cm³/mol. The van der Waals surface area contributed by atoms with Crippen LogP contribution < -0.4 is 5.32 Å². The van der Waals surface area contributed by atoms with E-state index >= 15 is 0 Å². The van der Waals surface area contributed by atoms with Crippen molar-refractivity contribution in [2.45, 2.75) is 6.92 Å². The number of carbonyl (C=O) groups is 2. The molecule has 1 heterocycles. The van der Waals surface area contributed by atoms with Crippen LogP contribution in [0.2, 0.25) is 0 Å². The van der Waals surface area contributed by atoms with E-state index in [0.29, 0.717) is 22.5 Å². The van der Waals surface area contributed by atoms with Gasteiger partial charge in [0, 0.05) is 25.2 Å².